The molecule has 164 valence electrons. The predicted octanol–water partition coefficient (Wildman–Crippen LogP) is 3.75. The first-order valence-corrected chi connectivity index (χ1v) is 11.1. The molecule has 0 amide bonds. The second-order valence-corrected chi connectivity index (χ2v) is 8.48. The lowest BCUT2D eigenvalue weighted by molar-refractivity contribution is 0.0171. The molecule has 2 heterocycles. The van der Waals surface area contributed by atoms with Crippen molar-refractivity contribution in [1.82, 2.24) is 10.6 Å². The third-order valence-electron chi connectivity index (χ3n) is 6.35. The Kier molecular flexibility index (Phi) is 9.58. The molecule has 0 aromatic carbocycles. The van der Waals surface area contributed by atoms with Gasteiger partial charge in [-0.25, -0.2) is 0 Å². The van der Waals surface area contributed by atoms with E-state index >= 15 is 0 Å². The van der Waals surface area contributed by atoms with E-state index in [1.165, 1.54) is 32.1 Å². The van der Waals surface area contributed by atoms with Crippen LogP contribution in [0.4, 0.5) is 0 Å². The third kappa shape index (κ3) is 7.14. The minimum absolute atomic E-state index is 0. The van der Waals surface area contributed by atoms with E-state index in [1.807, 2.05) is 12.1 Å². The Balaban J connectivity index is 0.00000240. The van der Waals surface area contributed by atoms with Crippen LogP contribution in [0.1, 0.15) is 50.7 Å². The lowest BCUT2D eigenvalue weighted by Crippen LogP contribution is -2.46. The van der Waals surface area contributed by atoms with Crippen molar-refractivity contribution in [2.75, 3.05) is 32.9 Å². The Morgan fingerprint density at radius 1 is 1.24 bits per heavy atom. The molecule has 3 aliphatic rings. The van der Waals surface area contributed by atoms with E-state index in [0.717, 1.165) is 75.7 Å². The molecule has 2 bridgehead atoms. The van der Waals surface area contributed by atoms with Crippen molar-refractivity contribution in [3.63, 3.8) is 0 Å². The van der Waals surface area contributed by atoms with Gasteiger partial charge in [0.25, 0.3) is 0 Å². The van der Waals surface area contributed by atoms with Crippen LogP contribution in [0.5, 0.6) is 0 Å². The van der Waals surface area contributed by atoms with Gasteiger partial charge < -0.3 is 24.5 Å². The third-order valence-corrected chi connectivity index (χ3v) is 6.35. The molecular weight excluding hydrogens is 481 g/mol. The van der Waals surface area contributed by atoms with Gasteiger partial charge in [0.05, 0.1) is 19.0 Å². The van der Waals surface area contributed by atoms with E-state index in [4.69, 9.17) is 18.9 Å². The maximum Gasteiger partial charge on any atom is 0.191 e. The van der Waals surface area contributed by atoms with E-state index in [0.29, 0.717) is 12.1 Å². The number of guanidine groups is 1. The van der Waals surface area contributed by atoms with Gasteiger partial charge in [0.2, 0.25) is 0 Å². The number of fused-ring (bicyclic) bond motifs is 2. The second kappa shape index (κ2) is 12.2. The van der Waals surface area contributed by atoms with Crippen LogP contribution in [0.2, 0.25) is 0 Å². The number of furan rings is 1. The van der Waals surface area contributed by atoms with Crippen LogP contribution < -0.4 is 10.6 Å². The van der Waals surface area contributed by atoms with Crippen LogP contribution in [-0.2, 0) is 15.9 Å². The fourth-order valence-corrected chi connectivity index (χ4v) is 4.86. The average Bonchev–Trinajstić information content (AvgIpc) is 3.50. The van der Waals surface area contributed by atoms with Crippen LogP contribution in [-0.4, -0.2) is 51.0 Å². The summed E-state index contributed by atoms with van der Waals surface area (Å²) in [6.07, 6.45) is 11.6. The number of rotatable bonds is 10. The van der Waals surface area contributed by atoms with Gasteiger partial charge in [0.15, 0.2) is 5.96 Å². The maximum absolute atomic E-state index is 5.76. The fraction of sp³-hybridized carbons (Fsp3) is 0.773. The number of ether oxygens (including phenoxy) is 2. The zero-order valence-electron chi connectivity index (χ0n) is 17.3. The van der Waals surface area contributed by atoms with Gasteiger partial charge in [0.1, 0.15) is 5.76 Å². The van der Waals surface area contributed by atoms with E-state index < -0.39 is 0 Å². The van der Waals surface area contributed by atoms with Crippen LogP contribution >= 0.6 is 24.0 Å². The lowest BCUT2D eigenvalue weighted by atomic mass is 9.95. The smallest absolute Gasteiger partial charge is 0.191 e. The molecule has 0 radical (unpaired) electrons. The first kappa shape index (κ1) is 22.9. The number of hydrogen-bond donors (Lipinski definition) is 2. The summed E-state index contributed by atoms with van der Waals surface area (Å²) in [5, 5.41) is 7.21. The van der Waals surface area contributed by atoms with E-state index in [2.05, 4.69) is 10.6 Å². The normalized spacial score (nSPS) is 28.5. The molecule has 4 rings (SSSR count). The summed E-state index contributed by atoms with van der Waals surface area (Å²) in [5.74, 6) is 3.72. The Morgan fingerprint density at radius 3 is 2.93 bits per heavy atom. The highest BCUT2D eigenvalue weighted by Crippen LogP contribution is 2.44. The molecule has 1 aromatic heterocycles. The molecule has 4 atom stereocenters. The molecule has 1 aliphatic heterocycles. The van der Waals surface area contributed by atoms with Crippen LogP contribution in [0.15, 0.2) is 27.8 Å². The SMILES string of the molecule is I.c1coc(CCNC(=NCCCOCC2CCCO2)NC2CC3CCC2C3)c1. The molecule has 2 N–H and O–H groups in total. The number of nitrogens with one attached hydrogen (secondary N) is 2. The summed E-state index contributed by atoms with van der Waals surface area (Å²) in [5.41, 5.74) is 0. The molecule has 1 saturated heterocycles. The summed E-state index contributed by atoms with van der Waals surface area (Å²) >= 11 is 0. The summed E-state index contributed by atoms with van der Waals surface area (Å²) in [7, 11) is 0. The molecule has 3 fully saturated rings. The molecular formula is C22H36IN3O3. The van der Waals surface area contributed by atoms with Crippen molar-refractivity contribution in [2.24, 2.45) is 16.8 Å². The average molecular weight is 517 g/mol. The van der Waals surface area contributed by atoms with Crippen molar-refractivity contribution in [3.8, 4) is 0 Å². The predicted molar refractivity (Wildman–Crippen MR) is 125 cm³/mol. The summed E-state index contributed by atoms with van der Waals surface area (Å²) < 4.78 is 16.8. The Morgan fingerprint density at radius 2 is 2.21 bits per heavy atom. The standard InChI is InChI=1S/C22H35N3O3.HI/c1-4-19(27-12-1)8-10-24-22(25-21-15-17-6-7-18(21)14-17)23-9-3-11-26-16-20-5-2-13-28-20;/h1,4,12,17-18,20-21H,2-3,5-11,13-16H2,(H2,23,24,25);1H. The number of halogens is 1. The maximum atomic E-state index is 5.76. The van der Waals surface area contributed by atoms with Gasteiger partial charge in [-0.15, -0.1) is 24.0 Å². The van der Waals surface area contributed by atoms with E-state index in [1.54, 1.807) is 6.26 Å². The van der Waals surface area contributed by atoms with Crippen molar-refractivity contribution in [1.29, 1.82) is 0 Å². The molecule has 0 spiro atoms. The van der Waals surface area contributed by atoms with Gasteiger partial charge >= 0.3 is 0 Å². The Bertz CT molecular complexity index is 604. The quantitative estimate of drug-likeness (QED) is 0.214. The first-order chi connectivity index (χ1) is 13.9. The Hall–Kier alpha value is -0.800. The molecule has 6 nitrogen and oxygen atoms in total. The van der Waals surface area contributed by atoms with E-state index in [-0.39, 0.29) is 24.0 Å². The highest BCUT2D eigenvalue weighted by molar-refractivity contribution is 14.0. The van der Waals surface area contributed by atoms with Crippen LogP contribution in [0.25, 0.3) is 0 Å². The summed E-state index contributed by atoms with van der Waals surface area (Å²) in [6, 6.07) is 4.55. The topological polar surface area (TPSA) is 68.0 Å². The number of nitrogens with zero attached hydrogens (tertiary/aromatic N) is 1. The van der Waals surface area contributed by atoms with E-state index in [9.17, 15) is 0 Å². The van der Waals surface area contributed by atoms with Gasteiger partial charge in [-0.05, 0) is 62.5 Å². The van der Waals surface area contributed by atoms with Gasteiger partial charge in [0, 0.05) is 38.8 Å². The highest BCUT2D eigenvalue weighted by atomic mass is 127. The molecule has 2 aliphatic carbocycles. The lowest BCUT2D eigenvalue weighted by Gasteiger charge is -2.25. The monoisotopic (exact) mass is 517 g/mol. The van der Waals surface area contributed by atoms with Gasteiger partial charge in [-0.3, -0.25) is 4.99 Å². The van der Waals surface area contributed by atoms with Crippen molar-refractivity contribution < 1.29 is 13.9 Å². The molecule has 4 unspecified atom stereocenters. The summed E-state index contributed by atoms with van der Waals surface area (Å²) in [6.45, 7) is 3.97. The molecule has 7 heteroatoms. The fourth-order valence-electron chi connectivity index (χ4n) is 4.86. The summed E-state index contributed by atoms with van der Waals surface area (Å²) in [4.78, 5) is 4.81. The van der Waals surface area contributed by atoms with Gasteiger partial charge in [-0.2, -0.15) is 0 Å². The zero-order valence-corrected chi connectivity index (χ0v) is 19.6. The Labute approximate surface area is 191 Å². The second-order valence-electron chi connectivity index (χ2n) is 8.48. The minimum atomic E-state index is 0. The zero-order chi connectivity index (χ0) is 19.0. The van der Waals surface area contributed by atoms with Crippen molar-refractivity contribution >= 4 is 29.9 Å². The van der Waals surface area contributed by atoms with Crippen LogP contribution in [0.3, 0.4) is 0 Å². The van der Waals surface area contributed by atoms with Crippen molar-refractivity contribution in [3.05, 3.63) is 24.2 Å². The number of hydrogen-bond acceptors (Lipinski definition) is 4. The van der Waals surface area contributed by atoms with Crippen LogP contribution in [0, 0.1) is 11.8 Å². The van der Waals surface area contributed by atoms with Crippen molar-refractivity contribution in [2.45, 2.75) is 63.5 Å². The molecule has 2 saturated carbocycles. The highest BCUT2D eigenvalue weighted by Gasteiger charge is 2.39. The largest absolute Gasteiger partial charge is 0.469 e. The molecule has 29 heavy (non-hydrogen) atoms. The van der Waals surface area contributed by atoms with Gasteiger partial charge in [-0.1, -0.05) is 6.42 Å². The number of aliphatic imine (C=N–C) groups is 1. The molecule has 1 aromatic rings. The first-order valence-electron chi connectivity index (χ1n) is 11.1. The minimum Gasteiger partial charge on any atom is -0.469 e.